The summed E-state index contributed by atoms with van der Waals surface area (Å²) in [6, 6.07) is 6.20. The van der Waals surface area contributed by atoms with Crippen molar-refractivity contribution in [1.82, 2.24) is 10.6 Å². The number of hydrogen-bond donors (Lipinski definition) is 2. The minimum Gasteiger partial charge on any atom is -0.486 e. The Morgan fingerprint density at radius 2 is 2.12 bits per heavy atom. The van der Waals surface area contributed by atoms with E-state index in [2.05, 4.69) is 17.6 Å². The lowest BCUT2D eigenvalue weighted by molar-refractivity contribution is -0.121. The van der Waals surface area contributed by atoms with Gasteiger partial charge in [-0.2, -0.15) is 0 Å². The van der Waals surface area contributed by atoms with Crippen molar-refractivity contribution in [3.63, 3.8) is 0 Å². The van der Waals surface area contributed by atoms with E-state index in [-0.39, 0.29) is 24.4 Å². The van der Waals surface area contributed by atoms with Crippen molar-refractivity contribution < 1.29 is 14.3 Å². The topological polar surface area (TPSA) is 59.6 Å². The zero-order chi connectivity index (χ0) is 16.1. The smallest absolute Gasteiger partial charge is 0.221 e. The number of halogens is 1. The molecule has 2 aliphatic rings. The van der Waals surface area contributed by atoms with Crippen LogP contribution in [0, 0.1) is 5.92 Å². The molecule has 0 radical (unpaired) electrons. The number of hydrogen-bond acceptors (Lipinski definition) is 5. The Morgan fingerprint density at radius 1 is 1.33 bits per heavy atom. The molecule has 1 amide bonds. The molecule has 0 aliphatic carbocycles. The maximum absolute atomic E-state index is 12.1. The summed E-state index contributed by atoms with van der Waals surface area (Å²) < 4.78 is 11.1. The predicted molar refractivity (Wildman–Crippen MR) is 98.6 cm³/mol. The number of rotatable bonds is 5. The third-order valence-corrected chi connectivity index (χ3v) is 5.28. The van der Waals surface area contributed by atoms with E-state index in [9.17, 15) is 4.79 Å². The molecule has 0 saturated carbocycles. The van der Waals surface area contributed by atoms with Crippen LogP contribution < -0.4 is 20.1 Å². The summed E-state index contributed by atoms with van der Waals surface area (Å²) in [7, 11) is 0. The molecule has 1 fully saturated rings. The minimum absolute atomic E-state index is 0. The molecule has 134 valence electrons. The molecule has 0 spiro atoms. The van der Waals surface area contributed by atoms with Crippen LogP contribution in [0.4, 0.5) is 0 Å². The van der Waals surface area contributed by atoms with Gasteiger partial charge >= 0.3 is 0 Å². The Morgan fingerprint density at radius 3 is 2.92 bits per heavy atom. The largest absolute Gasteiger partial charge is 0.486 e. The predicted octanol–water partition coefficient (Wildman–Crippen LogP) is 2.48. The van der Waals surface area contributed by atoms with Crippen LogP contribution in [0.1, 0.15) is 19.8 Å². The molecule has 2 unspecified atom stereocenters. The van der Waals surface area contributed by atoms with Crippen molar-refractivity contribution in [3.05, 3.63) is 18.2 Å². The highest BCUT2D eigenvalue weighted by atomic mass is 35.5. The lowest BCUT2D eigenvalue weighted by atomic mass is 9.95. The molecule has 0 aromatic heterocycles. The normalized spacial score (nSPS) is 22.4. The number of fused-ring (bicyclic) bond motifs is 1. The van der Waals surface area contributed by atoms with E-state index in [0.717, 1.165) is 41.7 Å². The first kappa shape index (κ1) is 19.2. The Bertz CT molecular complexity index is 559. The van der Waals surface area contributed by atoms with Gasteiger partial charge in [0.1, 0.15) is 13.2 Å². The van der Waals surface area contributed by atoms with Gasteiger partial charge in [-0.1, -0.05) is 6.92 Å². The molecule has 5 nitrogen and oxygen atoms in total. The minimum atomic E-state index is 0. The maximum Gasteiger partial charge on any atom is 0.221 e. The van der Waals surface area contributed by atoms with Crippen LogP contribution in [0.15, 0.2) is 23.1 Å². The molecule has 1 aromatic rings. The van der Waals surface area contributed by atoms with E-state index in [4.69, 9.17) is 9.47 Å². The molecule has 2 aliphatic heterocycles. The summed E-state index contributed by atoms with van der Waals surface area (Å²) in [6.07, 6.45) is 1.65. The van der Waals surface area contributed by atoms with Crippen LogP contribution in [-0.4, -0.2) is 44.0 Å². The van der Waals surface area contributed by atoms with Gasteiger partial charge in [-0.25, -0.2) is 0 Å². The Kier molecular flexibility index (Phi) is 7.52. The molecule has 2 heterocycles. The van der Waals surface area contributed by atoms with Crippen molar-refractivity contribution >= 4 is 30.1 Å². The average molecular weight is 373 g/mol. The maximum atomic E-state index is 12.1. The molecule has 24 heavy (non-hydrogen) atoms. The lowest BCUT2D eigenvalue weighted by Crippen LogP contribution is -2.50. The highest BCUT2D eigenvalue weighted by molar-refractivity contribution is 7.99. The summed E-state index contributed by atoms with van der Waals surface area (Å²) in [4.78, 5) is 13.2. The lowest BCUT2D eigenvalue weighted by Gasteiger charge is -2.30. The van der Waals surface area contributed by atoms with Gasteiger partial charge in [-0.15, -0.1) is 24.2 Å². The molecule has 3 rings (SSSR count). The quantitative estimate of drug-likeness (QED) is 0.777. The van der Waals surface area contributed by atoms with Gasteiger partial charge in [0.15, 0.2) is 11.5 Å². The van der Waals surface area contributed by atoms with Gasteiger partial charge in [0, 0.05) is 29.7 Å². The van der Waals surface area contributed by atoms with Gasteiger partial charge in [0.05, 0.1) is 0 Å². The van der Waals surface area contributed by atoms with Crippen molar-refractivity contribution in [2.75, 3.05) is 32.1 Å². The fraction of sp³-hybridized carbons (Fsp3) is 0.588. The van der Waals surface area contributed by atoms with Crippen LogP contribution in [0.2, 0.25) is 0 Å². The fourth-order valence-corrected chi connectivity index (χ4v) is 3.71. The SMILES string of the molecule is CC1CCNCC1NC(=O)CCSc1ccc2c(c1)OCCO2.Cl. The van der Waals surface area contributed by atoms with Gasteiger partial charge in [-0.3, -0.25) is 4.79 Å². The number of carbonyl (C=O) groups excluding carboxylic acids is 1. The van der Waals surface area contributed by atoms with Crippen LogP contribution >= 0.6 is 24.2 Å². The summed E-state index contributed by atoms with van der Waals surface area (Å²) >= 11 is 1.67. The first-order chi connectivity index (χ1) is 11.2. The van der Waals surface area contributed by atoms with Crippen molar-refractivity contribution in [2.24, 2.45) is 5.92 Å². The van der Waals surface area contributed by atoms with Crippen LogP contribution in [0.25, 0.3) is 0 Å². The second kappa shape index (κ2) is 9.39. The zero-order valence-corrected chi connectivity index (χ0v) is 15.5. The third-order valence-electron chi connectivity index (χ3n) is 4.29. The standard InChI is InChI=1S/C17H24N2O3S.ClH/c1-12-4-6-18-11-14(12)19-17(20)5-9-23-13-2-3-15-16(10-13)22-8-7-21-15;/h2-3,10,12,14,18H,4-9,11H2,1H3,(H,19,20);1H. The van der Waals surface area contributed by atoms with Crippen molar-refractivity contribution in [2.45, 2.75) is 30.7 Å². The highest BCUT2D eigenvalue weighted by Crippen LogP contribution is 2.34. The molecule has 2 N–H and O–H groups in total. The number of benzene rings is 1. The highest BCUT2D eigenvalue weighted by Gasteiger charge is 2.22. The van der Waals surface area contributed by atoms with E-state index in [1.165, 1.54) is 0 Å². The molecule has 2 atom stereocenters. The summed E-state index contributed by atoms with van der Waals surface area (Å²) in [5.41, 5.74) is 0. The number of amides is 1. The van der Waals surface area contributed by atoms with Crippen LogP contribution in [0.5, 0.6) is 11.5 Å². The summed E-state index contributed by atoms with van der Waals surface area (Å²) in [6.45, 7) is 5.33. The monoisotopic (exact) mass is 372 g/mol. The number of nitrogens with one attached hydrogen (secondary N) is 2. The van der Waals surface area contributed by atoms with Crippen molar-refractivity contribution in [3.8, 4) is 11.5 Å². The average Bonchev–Trinajstić information content (AvgIpc) is 2.57. The van der Waals surface area contributed by atoms with E-state index in [1.807, 2.05) is 18.2 Å². The first-order valence-corrected chi connectivity index (χ1v) is 9.23. The van der Waals surface area contributed by atoms with Gasteiger partial charge in [-0.05, 0) is 37.1 Å². The van der Waals surface area contributed by atoms with Crippen molar-refractivity contribution in [1.29, 1.82) is 0 Å². The molecular weight excluding hydrogens is 348 g/mol. The van der Waals surface area contributed by atoms with Crippen LogP contribution in [0.3, 0.4) is 0 Å². The summed E-state index contributed by atoms with van der Waals surface area (Å²) in [5, 5.41) is 6.48. The Balaban J connectivity index is 0.00000208. The number of thioether (sulfide) groups is 1. The molecule has 1 saturated heterocycles. The molecule has 7 heteroatoms. The molecular formula is C17H25ClN2O3S. The second-order valence-corrected chi connectivity index (χ2v) is 7.22. The van der Waals surface area contributed by atoms with E-state index >= 15 is 0 Å². The second-order valence-electron chi connectivity index (χ2n) is 6.05. The number of piperidine rings is 1. The van der Waals surface area contributed by atoms with Gasteiger partial charge in [0.2, 0.25) is 5.91 Å². The molecule has 1 aromatic carbocycles. The Labute approximate surface area is 153 Å². The fourth-order valence-electron chi connectivity index (χ4n) is 2.84. The van der Waals surface area contributed by atoms with Gasteiger partial charge < -0.3 is 20.1 Å². The zero-order valence-electron chi connectivity index (χ0n) is 13.9. The Hall–Kier alpha value is -1.11. The number of ether oxygens (including phenoxy) is 2. The van der Waals surface area contributed by atoms with Crippen LogP contribution in [-0.2, 0) is 4.79 Å². The van der Waals surface area contributed by atoms with Gasteiger partial charge in [0.25, 0.3) is 0 Å². The van der Waals surface area contributed by atoms with E-state index in [1.54, 1.807) is 11.8 Å². The molecule has 0 bridgehead atoms. The van der Waals surface area contributed by atoms with E-state index in [0.29, 0.717) is 25.6 Å². The first-order valence-electron chi connectivity index (χ1n) is 8.25. The van der Waals surface area contributed by atoms with E-state index < -0.39 is 0 Å². The third kappa shape index (κ3) is 5.19. The summed E-state index contributed by atoms with van der Waals surface area (Å²) in [5.74, 6) is 3.05. The number of carbonyl (C=O) groups is 1.